The van der Waals surface area contributed by atoms with Crippen LogP contribution in [-0.4, -0.2) is 81.2 Å². The third-order valence-electron chi connectivity index (χ3n) is 4.50. The Morgan fingerprint density at radius 2 is 2.00 bits per heavy atom. The van der Waals surface area contributed by atoms with E-state index in [0.29, 0.717) is 25.6 Å². The van der Waals surface area contributed by atoms with Crippen LogP contribution in [0.4, 0.5) is 0 Å². The first-order valence-corrected chi connectivity index (χ1v) is 9.66. The number of ether oxygens (including phenoxy) is 2. The van der Waals surface area contributed by atoms with Gasteiger partial charge in [-0.3, -0.25) is 9.89 Å². The van der Waals surface area contributed by atoms with Crippen molar-refractivity contribution in [2.24, 2.45) is 4.99 Å². The van der Waals surface area contributed by atoms with Gasteiger partial charge in [-0.25, -0.2) is 0 Å². The lowest BCUT2D eigenvalue weighted by Crippen LogP contribution is -2.48. The molecule has 0 aromatic heterocycles. The Labute approximate surface area is 162 Å². The lowest BCUT2D eigenvalue weighted by Gasteiger charge is -2.33. The third-order valence-corrected chi connectivity index (χ3v) is 4.50. The first-order valence-electron chi connectivity index (χ1n) is 9.66. The molecule has 1 fully saturated rings. The summed E-state index contributed by atoms with van der Waals surface area (Å²) in [5.41, 5.74) is 0.224. The van der Waals surface area contributed by atoms with Gasteiger partial charge in [-0.1, -0.05) is 30.3 Å². The predicted molar refractivity (Wildman–Crippen MR) is 108 cm³/mol. The largest absolute Gasteiger partial charge is 0.387 e. The Hall–Kier alpha value is -1.67. The van der Waals surface area contributed by atoms with Crippen molar-refractivity contribution < 1.29 is 14.6 Å². The molecule has 1 heterocycles. The Morgan fingerprint density at radius 1 is 1.30 bits per heavy atom. The Bertz CT molecular complexity index is 560. The van der Waals surface area contributed by atoms with E-state index in [0.717, 1.165) is 38.4 Å². The second-order valence-electron chi connectivity index (χ2n) is 7.10. The smallest absolute Gasteiger partial charge is 0.191 e. The summed E-state index contributed by atoms with van der Waals surface area (Å²) in [5.74, 6) is 0.678. The van der Waals surface area contributed by atoms with Gasteiger partial charge in [0.1, 0.15) is 0 Å². The molecule has 1 aliphatic heterocycles. The molecule has 27 heavy (non-hydrogen) atoms. The van der Waals surface area contributed by atoms with Gasteiger partial charge in [0, 0.05) is 39.8 Å². The molecule has 2 unspecified atom stereocenters. The van der Waals surface area contributed by atoms with Crippen molar-refractivity contribution in [1.29, 1.82) is 0 Å². The highest BCUT2D eigenvalue weighted by Crippen LogP contribution is 2.15. The molecule has 7 heteroatoms. The standard InChI is InChI=1S/C20H34N4O3/c1-4-21-19(22-14-18(26-3)17-8-6-5-7-9-17)23-15-20(2,25)16-24-10-12-27-13-11-24/h5-9,18,25H,4,10-16H2,1-3H3,(H2,21,22,23). The molecule has 0 bridgehead atoms. The summed E-state index contributed by atoms with van der Waals surface area (Å²) in [7, 11) is 1.70. The summed E-state index contributed by atoms with van der Waals surface area (Å²) in [5, 5.41) is 17.3. The van der Waals surface area contributed by atoms with Crippen LogP contribution < -0.4 is 10.6 Å². The number of methoxy groups -OCH3 is 1. The quantitative estimate of drug-likeness (QED) is 0.440. The van der Waals surface area contributed by atoms with Crippen LogP contribution in [0.3, 0.4) is 0 Å². The SMILES string of the molecule is CCNC(=NCC(C)(O)CN1CCOCC1)NCC(OC)c1ccccc1. The topological polar surface area (TPSA) is 78.4 Å². The summed E-state index contributed by atoms with van der Waals surface area (Å²) in [6, 6.07) is 10.1. The summed E-state index contributed by atoms with van der Waals surface area (Å²) >= 11 is 0. The average Bonchev–Trinajstić information content (AvgIpc) is 2.68. The lowest BCUT2D eigenvalue weighted by atomic mass is 10.1. The van der Waals surface area contributed by atoms with Gasteiger partial charge in [0.05, 0.1) is 31.5 Å². The third kappa shape index (κ3) is 7.84. The van der Waals surface area contributed by atoms with Crippen molar-refractivity contribution >= 4 is 5.96 Å². The molecule has 0 spiro atoms. The van der Waals surface area contributed by atoms with Crippen molar-refractivity contribution in [2.75, 3.05) is 59.6 Å². The Balaban J connectivity index is 1.90. The number of aliphatic hydroxyl groups is 1. The fourth-order valence-electron chi connectivity index (χ4n) is 3.08. The van der Waals surface area contributed by atoms with E-state index < -0.39 is 5.60 Å². The molecule has 2 atom stereocenters. The molecule has 7 nitrogen and oxygen atoms in total. The number of rotatable bonds is 9. The highest BCUT2D eigenvalue weighted by atomic mass is 16.5. The summed E-state index contributed by atoms with van der Waals surface area (Å²) in [6.45, 7) is 9.26. The van der Waals surface area contributed by atoms with E-state index in [9.17, 15) is 5.11 Å². The normalized spacial score (nSPS) is 19.3. The van der Waals surface area contributed by atoms with Gasteiger partial charge >= 0.3 is 0 Å². The number of morpholine rings is 1. The summed E-state index contributed by atoms with van der Waals surface area (Å²) < 4.78 is 11.0. The monoisotopic (exact) mass is 378 g/mol. The van der Waals surface area contributed by atoms with Gasteiger partial charge in [0.15, 0.2) is 5.96 Å². The molecule has 1 aliphatic rings. The fraction of sp³-hybridized carbons (Fsp3) is 0.650. The van der Waals surface area contributed by atoms with Crippen LogP contribution in [0.5, 0.6) is 0 Å². The highest BCUT2D eigenvalue weighted by Gasteiger charge is 2.25. The second kappa shape index (κ2) is 11.2. The fourth-order valence-corrected chi connectivity index (χ4v) is 3.08. The van der Waals surface area contributed by atoms with E-state index in [1.165, 1.54) is 0 Å². The van der Waals surface area contributed by atoms with Crippen LogP contribution >= 0.6 is 0 Å². The molecule has 0 aliphatic carbocycles. The molecule has 3 N–H and O–H groups in total. The number of benzene rings is 1. The molecule has 0 saturated carbocycles. The molecular formula is C20H34N4O3. The number of β-amino-alcohol motifs (C(OH)–C–C–N with tert-alkyl or cyclic N) is 1. The Kier molecular flexibility index (Phi) is 9.00. The van der Waals surface area contributed by atoms with Crippen LogP contribution in [0, 0.1) is 0 Å². The van der Waals surface area contributed by atoms with Crippen LogP contribution in [0.2, 0.25) is 0 Å². The number of hydrogen-bond donors (Lipinski definition) is 3. The van der Waals surface area contributed by atoms with Crippen LogP contribution in [0.25, 0.3) is 0 Å². The molecule has 0 radical (unpaired) electrons. The number of hydrogen-bond acceptors (Lipinski definition) is 5. The number of aliphatic imine (C=N–C) groups is 1. The van der Waals surface area contributed by atoms with Crippen LogP contribution in [0.15, 0.2) is 35.3 Å². The van der Waals surface area contributed by atoms with Crippen molar-refractivity contribution in [3.05, 3.63) is 35.9 Å². The van der Waals surface area contributed by atoms with E-state index in [1.807, 2.05) is 44.2 Å². The molecule has 0 amide bonds. The molecular weight excluding hydrogens is 344 g/mol. The van der Waals surface area contributed by atoms with Crippen molar-refractivity contribution in [1.82, 2.24) is 15.5 Å². The summed E-state index contributed by atoms with van der Waals surface area (Å²) in [4.78, 5) is 6.80. The van der Waals surface area contributed by atoms with Gasteiger partial charge in [-0.15, -0.1) is 0 Å². The molecule has 152 valence electrons. The Morgan fingerprint density at radius 3 is 2.63 bits per heavy atom. The minimum Gasteiger partial charge on any atom is -0.387 e. The first-order chi connectivity index (χ1) is 13.0. The molecule has 1 saturated heterocycles. The van der Waals surface area contributed by atoms with Crippen molar-refractivity contribution in [2.45, 2.75) is 25.6 Å². The maximum atomic E-state index is 10.7. The highest BCUT2D eigenvalue weighted by molar-refractivity contribution is 5.79. The molecule has 2 rings (SSSR count). The van der Waals surface area contributed by atoms with Gasteiger partial charge in [0.25, 0.3) is 0 Å². The van der Waals surface area contributed by atoms with Gasteiger partial charge in [-0.2, -0.15) is 0 Å². The van der Waals surface area contributed by atoms with E-state index in [4.69, 9.17) is 9.47 Å². The van der Waals surface area contributed by atoms with Crippen molar-refractivity contribution in [3.8, 4) is 0 Å². The summed E-state index contributed by atoms with van der Waals surface area (Å²) in [6.07, 6.45) is -0.0658. The zero-order valence-corrected chi connectivity index (χ0v) is 16.8. The number of nitrogens with zero attached hydrogens (tertiary/aromatic N) is 2. The van der Waals surface area contributed by atoms with E-state index in [1.54, 1.807) is 7.11 Å². The van der Waals surface area contributed by atoms with E-state index in [2.05, 4.69) is 20.5 Å². The maximum absolute atomic E-state index is 10.7. The second-order valence-corrected chi connectivity index (χ2v) is 7.10. The van der Waals surface area contributed by atoms with E-state index >= 15 is 0 Å². The number of nitrogens with one attached hydrogen (secondary N) is 2. The number of guanidine groups is 1. The minimum atomic E-state index is -0.889. The average molecular weight is 379 g/mol. The van der Waals surface area contributed by atoms with Gasteiger partial charge in [-0.05, 0) is 19.4 Å². The maximum Gasteiger partial charge on any atom is 0.191 e. The van der Waals surface area contributed by atoms with Crippen LogP contribution in [-0.2, 0) is 9.47 Å². The van der Waals surface area contributed by atoms with Gasteiger partial charge in [0.2, 0.25) is 0 Å². The molecule has 1 aromatic rings. The first kappa shape index (κ1) is 21.6. The van der Waals surface area contributed by atoms with Crippen LogP contribution in [0.1, 0.15) is 25.5 Å². The lowest BCUT2D eigenvalue weighted by molar-refractivity contribution is -0.0180. The van der Waals surface area contributed by atoms with Crippen molar-refractivity contribution in [3.63, 3.8) is 0 Å². The molecule has 1 aromatic carbocycles. The minimum absolute atomic E-state index is 0.0658. The predicted octanol–water partition coefficient (Wildman–Crippen LogP) is 1.01. The van der Waals surface area contributed by atoms with Gasteiger partial charge < -0.3 is 25.2 Å². The van der Waals surface area contributed by atoms with E-state index in [-0.39, 0.29) is 6.10 Å². The zero-order valence-electron chi connectivity index (χ0n) is 16.8. The zero-order chi connectivity index (χ0) is 19.5.